The van der Waals surface area contributed by atoms with E-state index in [0.29, 0.717) is 5.92 Å². The summed E-state index contributed by atoms with van der Waals surface area (Å²) >= 11 is 0. The van der Waals surface area contributed by atoms with E-state index in [2.05, 4.69) is 25.1 Å². The van der Waals surface area contributed by atoms with Crippen LogP contribution in [0.2, 0.25) is 0 Å². The number of piperidine rings is 1. The summed E-state index contributed by atoms with van der Waals surface area (Å²) in [4.78, 5) is 26.5. The Kier molecular flexibility index (Phi) is 7.23. The Morgan fingerprint density at radius 1 is 0.828 bits per heavy atom. The fourth-order valence-corrected chi connectivity index (χ4v) is 5.09. The van der Waals surface area contributed by atoms with Gasteiger partial charge in [0, 0.05) is 38.6 Å². The molecule has 2 aliphatic heterocycles. The van der Waals surface area contributed by atoms with E-state index >= 15 is 0 Å². The van der Waals surface area contributed by atoms with E-state index in [9.17, 15) is 4.79 Å². The fraction of sp³-hybridized carbons (Fsp3) is 0.783. The number of hydrogen-bond acceptors (Lipinski definition) is 5. The van der Waals surface area contributed by atoms with Crippen molar-refractivity contribution in [2.45, 2.75) is 70.6 Å². The second-order valence-corrected chi connectivity index (χ2v) is 9.15. The third-order valence-corrected chi connectivity index (χ3v) is 7.03. The SMILES string of the molecule is O=C(NCC1CCCCC1)C1CCN(c2cnc(N3CCCCCC3)nc2)CC1. The van der Waals surface area contributed by atoms with E-state index in [0.717, 1.165) is 57.2 Å². The highest BCUT2D eigenvalue weighted by atomic mass is 16.1. The Bertz CT molecular complexity index is 627. The zero-order chi connectivity index (χ0) is 19.9. The summed E-state index contributed by atoms with van der Waals surface area (Å²) in [6.45, 7) is 4.84. The minimum Gasteiger partial charge on any atom is -0.369 e. The average Bonchev–Trinajstić information content (AvgIpc) is 3.08. The summed E-state index contributed by atoms with van der Waals surface area (Å²) < 4.78 is 0. The molecule has 0 radical (unpaired) electrons. The first kappa shape index (κ1) is 20.4. The van der Waals surface area contributed by atoms with Crippen LogP contribution < -0.4 is 15.1 Å². The number of nitrogens with one attached hydrogen (secondary N) is 1. The number of carbonyl (C=O) groups excluding carboxylic acids is 1. The van der Waals surface area contributed by atoms with Crippen molar-refractivity contribution < 1.29 is 4.79 Å². The van der Waals surface area contributed by atoms with Crippen molar-refractivity contribution in [3.05, 3.63) is 12.4 Å². The van der Waals surface area contributed by atoms with Gasteiger partial charge in [-0.25, -0.2) is 9.97 Å². The van der Waals surface area contributed by atoms with Crippen LogP contribution in [0.1, 0.15) is 70.6 Å². The molecular weight excluding hydrogens is 362 g/mol. The lowest BCUT2D eigenvalue weighted by Crippen LogP contribution is -2.42. The predicted octanol–water partition coefficient (Wildman–Crippen LogP) is 3.77. The largest absolute Gasteiger partial charge is 0.369 e. The van der Waals surface area contributed by atoms with Gasteiger partial charge in [-0.05, 0) is 44.4 Å². The molecule has 0 bridgehead atoms. The molecule has 160 valence electrons. The molecule has 1 amide bonds. The topological polar surface area (TPSA) is 61.4 Å². The highest BCUT2D eigenvalue weighted by molar-refractivity contribution is 5.79. The lowest BCUT2D eigenvalue weighted by Gasteiger charge is -2.33. The van der Waals surface area contributed by atoms with Crippen LogP contribution in [-0.4, -0.2) is 48.6 Å². The predicted molar refractivity (Wildman–Crippen MR) is 117 cm³/mol. The van der Waals surface area contributed by atoms with Gasteiger partial charge in [-0.1, -0.05) is 32.1 Å². The van der Waals surface area contributed by atoms with E-state index in [-0.39, 0.29) is 11.8 Å². The zero-order valence-corrected chi connectivity index (χ0v) is 17.8. The number of hydrogen-bond donors (Lipinski definition) is 1. The van der Waals surface area contributed by atoms with Crippen molar-refractivity contribution in [1.29, 1.82) is 0 Å². The van der Waals surface area contributed by atoms with E-state index in [1.54, 1.807) is 0 Å². The average molecular weight is 400 g/mol. The smallest absolute Gasteiger partial charge is 0.225 e. The molecule has 1 aliphatic carbocycles. The highest BCUT2D eigenvalue weighted by Gasteiger charge is 2.26. The molecule has 4 rings (SSSR count). The number of amides is 1. The Labute approximate surface area is 175 Å². The molecule has 1 aromatic rings. The number of rotatable bonds is 5. The normalized spacial score (nSPS) is 22.3. The van der Waals surface area contributed by atoms with Crippen LogP contribution in [0.15, 0.2) is 12.4 Å². The minimum atomic E-state index is 0.159. The lowest BCUT2D eigenvalue weighted by atomic mass is 9.89. The zero-order valence-electron chi connectivity index (χ0n) is 17.8. The molecule has 3 fully saturated rings. The molecule has 6 nitrogen and oxygen atoms in total. The molecule has 6 heteroatoms. The summed E-state index contributed by atoms with van der Waals surface area (Å²) in [5.74, 6) is 2.00. The molecule has 0 spiro atoms. The van der Waals surface area contributed by atoms with Gasteiger partial charge in [0.15, 0.2) is 0 Å². The number of carbonyl (C=O) groups is 1. The first-order valence-electron chi connectivity index (χ1n) is 11.9. The summed E-state index contributed by atoms with van der Waals surface area (Å²) in [5.41, 5.74) is 1.09. The first-order chi connectivity index (χ1) is 14.3. The fourth-order valence-electron chi connectivity index (χ4n) is 5.09. The summed E-state index contributed by atoms with van der Waals surface area (Å²) in [5, 5.41) is 3.24. The van der Waals surface area contributed by atoms with Crippen molar-refractivity contribution in [1.82, 2.24) is 15.3 Å². The molecule has 3 heterocycles. The van der Waals surface area contributed by atoms with Gasteiger partial charge in [0.1, 0.15) is 0 Å². The Balaban J connectivity index is 1.23. The van der Waals surface area contributed by atoms with E-state index in [1.165, 1.54) is 57.8 Å². The lowest BCUT2D eigenvalue weighted by molar-refractivity contribution is -0.125. The number of anilines is 2. The van der Waals surface area contributed by atoms with Crippen LogP contribution in [0.25, 0.3) is 0 Å². The minimum absolute atomic E-state index is 0.159. The molecule has 1 aromatic heterocycles. The monoisotopic (exact) mass is 399 g/mol. The number of aromatic nitrogens is 2. The number of nitrogens with zero attached hydrogens (tertiary/aromatic N) is 4. The van der Waals surface area contributed by atoms with Crippen molar-refractivity contribution >= 4 is 17.5 Å². The van der Waals surface area contributed by atoms with Crippen molar-refractivity contribution in [3.8, 4) is 0 Å². The molecule has 0 atom stereocenters. The molecule has 29 heavy (non-hydrogen) atoms. The first-order valence-corrected chi connectivity index (χ1v) is 11.9. The van der Waals surface area contributed by atoms with Gasteiger partial charge in [-0.2, -0.15) is 0 Å². The Morgan fingerprint density at radius 3 is 2.10 bits per heavy atom. The third-order valence-electron chi connectivity index (χ3n) is 7.03. The third kappa shape index (κ3) is 5.61. The highest BCUT2D eigenvalue weighted by Crippen LogP contribution is 2.25. The molecule has 0 unspecified atom stereocenters. The molecule has 2 saturated heterocycles. The van der Waals surface area contributed by atoms with Crippen molar-refractivity contribution in [3.63, 3.8) is 0 Å². The second-order valence-electron chi connectivity index (χ2n) is 9.15. The van der Waals surface area contributed by atoms with Gasteiger partial charge < -0.3 is 15.1 Å². The Hall–Kier alpha value is -1.85. The van der Waals surface area contributed by atoms with Crippen LogP contribution in [-0.2, 0) is 4.79 Å². The molecular formula is C23H37N5O. The molecule has 0 aromatic carbocycles. The van der Waals surface area contributed by atoms with Gasteiger partial charge >= 0.3 is 0 Å². The van der Waals surface area contributed by atoms with E-state index in [1.807, 2.05) is 12.4 Å². The summed E-state index contributed by atoms with van der Waals surface area (Å²) in [6, 6.07) is 0. The summed E-state index contributed by atoms with van der Waals surface area (Å²) in [6.07, 6.45) is 17.5. The van der Waals surface area contributed by atoms with Crippen LogP contribution >= 0.6 is 0 Å². The van der Waals surface area contributed by atoms with Crippen LogP contribution in [0.3, 0.4) is 0 Å². The standard InChI is InChI=1S/C23H37N5O/c29-22(24-16-19-8-4-3-5-9-19)20-10-14-27(15-11-20)21-17-25-23(26-18-21)28-12-6-1-2-7-13-28/h17-20H,1-16H2,(H,24,29). The Morgan fingerprint density at radius 2 is 1.45 bits per heavy atom. The van der Waals surface area contributed by atoms with E-state index < -0.39 is 0 Å². The summed E-state index contributed by atoms with van der Waals surface area (Å²) in [7, 11) is 0. The van der Waals surface area contributed by atoms with Gasteiger partial charge in [0.05, 0.1) is 18.1 Å². The maximum absolute atomic E-state index is 12.6. The van der Waals surface area contributed by atoms with Crippen molar-refractivity contribution in [2.24, 2.45) is 11.8 Å². The van der Waals surface area contributed by atoms with Crippen LogP contribution in [0.4, 0.5) is 11.6 Å². The van der Waals surface area contributed by atoms with Gasteiger partial charge in [-0.15, -0.1) is 0 Å². The van der Waals surface area contributed by atoms with Gasteiger partial charge in [-0.3, -0.25) is 4.79 Å². The van der Waals surface area contributed by atoms with Crippen LogP contribution in [0, 0.1) is 11.8 Å². The van der Waals surface area contributed by atoms with Gasteiger partial charge in [0.25, 0.3) is 0 Å². The van der Waals surface area contributed by atoms with Crippen molar-refractivity contribution in [2.75, 3.05) is 42.5 Å². The maximum atomic E-state index is 12.6. The quantitative estimate of drug-likeness (QED) is 0.817. The van der Waals surface area contributed by atoms with E-state index in [4.69, 9.17) is 0 Å². The van der Waals surface area contributed by atoms with Gasteiger partial charge in [0.2, 0.25) is 11.9 Å². The second kappa shape index (κ2) is 10.3. The van der Waals surface area contributed by atoms with Crippen LogP contribution in [0.5, 0.6) is 0 Å². The molecule has 1 N–H and O–H groups in total. The molecule has 1 saturated carbocycles. The molecule has 3 aliphatic rings. The maximum Gasteiger partial charge on any atom is 0.225 e.